The van der Waals surface area contributed by atoms with Gasteiger partial charge in [0.25, 0.3) is 5.91 Å². The van der Waals surface area contributed by atoms with Crippen LogP contribution in [-0.4, -0.2) is 5.91 Å². The van der Waals surface area contributed by atoms with E-state index in [-0.39, 0.29) is 5.57 Å². The van der Waals surface area contributed by atoms with Crippen LogP contribution >= 0.6 is 11.6 Å². The fourth-order valence-corrected chi connectivity index (χ4v) is 3.10. The maximum absolute atomic E-state index is 12.6. The van der Waals surface area contributed by atoms with E-state index in [1.54, 1.807) is 18.2 Å². The number of ether oxygens (including phenoxy) is 1. The number of anilines is 1. The summed E-state index contributed by atoms with van der Waals surface area (Å²) >= 11 is 6.16. The number of carbonyl (C=O) groups excluding carboxylic acids is 1. The van der Waals surface area contributed by atoms with Crippen molar-refractivity contribution in [3.05, 3.63) is 99.6 Å². The van der Waals surface area contributed by atoms with Crippen molar-refractivity contribution in [3.63, 3.8) is 0 Å². The predicted octanol–water partition coefficient (Wildman–Crippen LogP) is 6.08. The van der Waals surface area contributed by atoms with E-state index in [9.17, 15) is 10.1 Å². The Balaban J connectivity index is 1.74. The molecular weight excluding hydrogens is 396 g/mol. The lowest BCUT2D eigenvalue weighted by atomic mass is 10.1. The fraction of sp³-hybridized carbons (Fsp3) is 0.120. The molecule has 0 heterocycles. The van der Waals surface area contributed by atoms with Gasteiger partial charge in [-0.2, -0.15) is 5.26 Å². The first-order valence-corrected chi connectivity index (χ1v) is 9.81. The molecule has 0 atom stereocenters. The molecule has 3 aromatic rings. The second kappa shape index (κ2) is 9.78. The molecule has 0 aliphatic heterocycles. The average molecular weight is 417 g/mol. The highest BCUT2D eigenvalue weighted by atomic mass is 35.5. The largest absolute Gasteiger partial charge is 0.489 e. The Bertz CT molecular complexity index is 1110. The van der Waals surface area contributed by atoms with Gasteiger partial charge >= 0.3 is 0 Å². The molecule has 0 saturated heterocycles. The molecule has 0 saturated carbocycles. The smallest absolute Gasteiger partial charge is 0.266 e. The third-order valence-corrected chi connectivity index (χ3v) is 4.84. The van der Waals surface area contributed by atoms with E-state index in [1.165, 1.54) is 11.6 Å². The van der Waals surface area contributed by atoms with E-state index in [2.05, 4.69) is 5.32 Å². The van der Waals surface area contributed by atoms with Crippen LogP contribution in [0.4, 0.5) is 5.69 Å². The molecule has 3 aromatic carbocycles. The number of benzene rings is 3. The minimum absolute atomic E-state index is 0.0231. The van der Waals surface area contributed by atoms with E-state index in [0.717, 1.165) is 11.1 Å². The van der Waals surface area contributed by atoms with Crippen molar-refractivity contribution in [1.29, 1.82) is 5.26 Å². The summed E-state index contributed by atoms with van der Waals surface area (Å²) in [7, 11) is 0. The molecule has 0 bridgehead atoms. The van der Waals surface area contributed by atoms with Gasteiger partial charge in [0.2, 0.25) is 0 Å². The fourth-order valence-electron chi connectivity index (χ4n) is 2.83. The summed E-state index contributed by atoms with van der Waals surface area (Å²) in [5.74, 6) is 0.142. The number of amides is 1. The van der Waals surface area contributed by atoms with Crippen molar-refractivity contribution >= 4 is 29.3 Å². The lowest BCUT2D eigenvalue weighted by Crippen LogP contribution is -2.14. The van der Waals surface area contributed by atoms with Gasteiger partial charge in [0.1, 0.15) is 24.0 Å². The summed E-state index contributed by atoms with van der Waals surface area (Å²) in [5, 5.41) is 12.6. The number of para-hydroxylation sites is 1. The molecule has 1 N–H and O–H groups in total. The number of hydrogen-bond donors (Lipinski definition) is 1. The summed E-state index contributed by atoms with van der Waals surface area (Å²) in [5.41, 5.74) is 4.25. The minimum atomic E-state index is -0.514. The van der Waals surface area contributed by atoms with Crippen LogP contribution in [-0.2, 0) is 11.4 Å². The first kappa shape index (κ1) is 21.2. The Morgan fingerprint density at radius 2 is 1.83 bits per heavy atom. The van der Waals surface area contributed by atoms with Crippen molar-refractivity contribution in [2.24, 2.45) is 0 Å². The van der Waals surface area contributed by atoms with Gasteiger partial charge in [-0.15, -0.1) is 0 Å². The molecule has 150 valence electrons. The molecule has 30 heavy (non-hydrogen) atoms. The summed E-state index contributed by atoms with van der Waals surface area (Å²) in [6.07, 6.45) is 1.53. The topological polar surface area (TPSA) is 62.1 Å². The Labute approximate surface area is 181 Å². The number of carbonyl (C=O) groups is 1. The highest BCUT2D eigenvalue weighted by molar-refractivity contribution is 6.34. The Kier molecular flexibility index (Phi) is 6.90. The van der Waals surface area contributed by atoms with Crippen LogP contribution in [0.25, 0.3) is 6.08 Å². The van der Waals surface area contributed by atoms with E-state index in [4.69, 9.17) is 16.3 Å². The van der Waals surface area contributed by atoms with Gasteiger partial charge in [0, 0.05) is 0 Å². The van der Waals surface area contributed by atoms with Crippen molar-refractivity contribution in [2.45, 2.75) is 20.5 Å². The lowest BCUT2D eigenvalue weighted by molar-refractivity contribution is -0.112. The third kappa shape index (κ3) is 5.50. The number of rotatable bonds is 6. The number of nitrogens with zero attached hydrogens (tertiary/aromatic N) is 1. The first-order valence-electron chi connectivity index (χ1n) is 9.43. The molecule has 0 aliphatic carbocycles. The number of aryl methyl sites for hydroxylation is 2. The molecule has 0 spiro atoms. The second-order valence-corrected chi connectivity index (χ2v) is 7.31. The van der Waals surface area contributed by atoms with Crippen molar-refractivity contribution in [3.8, 4) is 11.8 Å². The summed E-state index contributed by atoms with van der Waals surface area (Å²) in [4.78, 5) is 12.6. The Morgan fingerprint density at radius 1 is 1.10 bits per heavy atom. The van der Waals surface area contributed by atoms with Crippen LogP contribution in [0.5, 0.6) is 5.75 Å². The number of hydrogen-bond acceptors (Lipinski definition) is 3. The van der Waals surface area contributed by atoms with E-state index >= 15 is 0 Å². The maximum atomic E-state index is 12.6. The highest BCUT2D eigenvalue weighted by Crippen LogP contribution is 2.26. The van der Waals surface area contributed by atoms with Crippen molar-refractivity contribution in [1.82, 2.24) is 0 Å². The van der Waals surface area contributed by atoms with Crippen molar-refractivity contribution < 1.29 is 9.53 Å². The van der Waals surface area contributed by atoms with Gasteiger partial charge in [0.15, 0.2) is 0 Å². The van der Waals surface area contributed by atoms with Crippen LogP contribution in [0.3, 0.4) is 0 Å². The van der Waals surface area contributed by atoms with Crippen molar-refractivity contribution in [2.75, 3.05) is 5.32 Å². The molecule has 3 rings (SSSR count). The quantitative estimate of drug-likeness (QED) is 0.391. The molecule has 5 heteroatoms. The van der Waals surface area contributed by atoms with E-state index in [1.807, 2.05) is 68.4 Å². The van der Waals surface area contributed by atoms with E-state index in [0.29, 0.717) is 28.6 Å². The molecule has 4 nitrogen and oxygen atoms in total. The minimum Gasteiger partial charge on any atom is -0.489 e. The number of nitriles is 1. The normalized spacial score (nSPS) is 10.9. The molecule has 1 amide bonds. The number of halogens is 1. The zero-order valence-electron chi connectivity index (χ0n) is 16.8. The maximum Gasteiger partial charge on any atom is 0.266 e. The average Bonchev–Trinajstić information content (AvgIpc) is 2.74. The van der Waals surface area contributed by atoms with Crippen LogP contribution < -0.4 is 10.1 Å². The van der Waals surface area contributed by atoms with Crippen LogP contribution in [0.1, 0.15) is 22.3 Å². The molecule has 0 aliphatic rings. The summed E-state index contributed by atoms with van der Waals surface area (Å²) in [6.45, 7) is 4.31. The Hall–Kier alpha value is -3.55. The summed E-state index contributed by atoms with van der Waals surface area (Å²) < 4.78 is 5.85. The van der Waals surface area contributed by atoms with Gasteiger partial charge in [-0.05, 0) is 54.8 Å². The van der Waals surface area contributed by atoms with Gasteiger partial charge in [-0.1, -0.05) is 65.7 Å². The van der Waals surface area contributed by atoms with Crippen LogP contribution in [0.15, 0.2) is 72.3 Å². The molecule has 0 fully saturated rings. The highest BCUT2D eigenvalue weighted by Gasteiger charge is 2.13. The van der Waals surface area contributed by atoms with Gasteiger partial charge in [-0.3, -0.25) is 4.79 Å². The molecule has 0 unspecified atom stereocenters. The SMILES string of the molecule is Cc1ccc(COc2cccc(/C=C(\C#N)C(=O)Nc3c(C)cccc3Cl)c2)cc1. The Morgan fingerprint density at radius 3 is 2.53 bits per heavy atom. The van der Waals surface area contributed by atoms with Crippen LogP contribution in [0, 0.1) is 25.2 Å². The predicted molar refractivity (Wildman–Crippen MR) is 120 cm³/mol. The zero-order valence-corrected chi connectivity index (χ0v) is 17.5. The van der Waals surface area contributed by atoms with Gasteiger partial charge in [-0.25, -0.2) is 0 Å². The third-order valence-electron chi connectivity index (χ3n) is 4.52. The second-order valence-electron chi connectivity index (χ2n) is 6.90. The molecule has 0 radical (unpaired) electrons. The zero-order chi connectivity index (χ0) is 21.5. The number of nitrogens with one attached hydrogen (secondary N) is 1. The molecule has 0 aromatic heterocycles. The first-order chi connectivity index (χ1) is 14.5. The van der Waals surface area contributed by atoms with Gasteiger partial charge < -0.3 is 10.1 Å². The molecular formula is C25H21ClN2O2. The summed E-state index contributed by atoms with van der Waals surface area (Å²) in [6, 6.07) is 22.7. The van der Waals surface area contributed by atoms with Crippen LogP contribution in [0.2, 0.25) is 5.02 Å². The van der Waals surface area contributed by atoms with E-state index < -0.39 is 5.91 Å². The monoisotopic (exact) mass is 416 g/mol. The lowest BCUT2D eigenvalue weighted by Gasteiger charge is -2.10. The standard InChI is InChI=1S/C25H21ClN2O2/c1-17-9-11-19(12-10-17)16-30-22-7-4-6-20(14-22)13-21(15-27)25(29)28-24-18(2)5-3-8-23(24)26/h3-14H,16H2,1-2H3,(H,28,29)/b21-13+. The van der Waals surface area contributed by atoms with Gasteiger partial charge in [0.05, 0.1) is 10.7 Å².